The van der Waals surface area contributed by atoms with E-state index in [2.05, 4.69) is 5.32 Å². The number of ether oxygens (including phenoxy) is 1. The van der Waals surface area contributed by atoms with Crippen molar-refractivity contribution in [1.29, 1.82) is 0 Å². The number of anilines is 1. The van der Waals surface area contributed by atoms with Gasteiger partial charge in [0.15, 0.2) is 0 Å². The van der Waals surface area contributed by atoms with Gasteiger partial charge in [-0.25, -0.2) is 0 Å². The summed E-state index contributed by atoms with van der Waals surface area (Å²) < 4.78 is 5.19. The number of carbonyl (C=O) groups excluding carboxylic acids is 2. The van der Waals surface area contributed by atoms with Crippen LogP contribution in [0.5, 0.6) is 5.75 Å². The minimum atomic E-state index is -1.32. The molecule has 2 aromatic rings. The Hall–Kier alpha value is -2.79. The lowest BCUT2D eigenvalue weighted by molar-refractivity contribution is -0.307. The minimum absolute atomic E-state index is 0.253. The molecule has 0 aromatic heterocycles. The van der Waals surface area contributed by atoms with Crippen LogP contribution in [0.15, 0.2) is 42.5 Å². The largest absolute Gasteiger partial charge is 0.546 e. The summed E-state index contributed by atoms with van der Waals surface area (Å²) in [5.41, 5.74) is 2.40. The lowest BCUT2D eigenvalue weighted by Gasteiger charge is -2.10. The zero-order valence-corrected chi connectivity index (χ0v) is 12.6. The first kappa shape index (κ1) is 15.1. The molecule has 0 unspecified atom stereocenters. The van der Waals surface area contributed by atoms with Gasteiger partial charge in [-0.2, -0.15) is 0 Å². The Morgan fingerprint density at radius 1 is 1.26 bits per heavy atom. The summed E-state index contributed by atoms with van der Waals surface area (Å²) in [4.78, 5) is 22.7. The first-order valence-corrected chi connectivity index (χ1v) is 7.17. The molecule has 1 N–H and O–H groups in total. The number of aliphatic carboxylic acids is 1. The van der Waals surface area contributed by atoms with Crippen LogP contribution >= 0.6 is 11.6 Å². The minimum Gasteiger partial charge on any atom is -0.546 e. The molecule has 0 atom stereocenters. The van der Waals surface area contributed by atoms with Crippen LogP contribution < -0.4 is 15.2 Å². The average molecular weight is 329 g/mol. The zero-order valence-electron chi connectivity index (χ0n) is 11.8. The second-order valence-corrected chi connectivity index (χ2v) is 5.34. The van der Waals surface area contributed by atoms with Gasteiger partial charge in [-0.3, -0.25) is 4.79 Å². The van der Waals surface area contributed by atoms with Gasteiger partial charge in [-0.05, 0) is 30.3 Å². The van der Waals surface area contributed by atoms with Crippen LogP contribution in [0.4, 0.5) is 5.69 Å². The number of benzene rings is 2. The van der Waals surface area contributed by atoms with Crippen molar-refractivity contribution in [2.75, 3.05) is 11.9 Å². The van der Waals surface area contributed by atoms with Gasteiger partial charge in [0.2, 0.25) is 0 Å². The van der Waals surface area contributed by atoms with Crippen LogP contribution in [0.25, 0.3) is 11.6 Å². The summed E-state index contributed by atoms with van der Waals surface area (Å²) in [7, 11) is 0. The van der Waals surface area contributed by atoms with Crippen LogP contribution in [-0.2, 0) is 9.59 Å². The highest BCUT2D eigenvalue weighted by atomic mass is 35.5. The Morgan fingerprint density at radius 2 is 2.04 bits per heavy atom. The van der Waals surface area contributed by atoms with E-state index in [1.165, 1.54) is 0 Å². The summed E-state index contributed by atoms with van der Waals surface area (Å²) in [5.74, 6) is -1.22. The van der Waals surface area contributed by atoms with Crippen molar-refractivity contribution in [2.24, 2.45) is 0 Å². The van der Waals surface area contributed by atoms with E-state index < -0.39 is 12.6 Å². The number of carboxylic acids is 1. The number of amides is 1. The highest BCUT2D eigenvalue weighted by molar-refractivity contribution is 6.36. The molecule has 116 valence electrons. The molecule has 1 aliphatic heterocycles. The van der Waals surface area contributed by atoms with E-state index in [9.17, 15) is 14.7 Å². The Morgan fingerprint density at radius 3 is 2.83 bits per heavy atom. The van der Waals surface area contributed by atoms with E-state index in [1.54, 1.807) is 48.5 Å². The van der Waals surface area contributed by atoms with Gasteiger partial charge in [-0.15, -0.1) is 0 Å². The molecule has 1 aliphatic rings. The van der Waals surface area contributed by atoms with E-state index in [0.717, 1.165) is 0 Å². The number of hydrogen-bond acceptors (Lipinski definition) is 4. The molecule has 0 saturated carbocycles. The van der Waals surface area contributed by atoms with Crippen LogP contribution in [0.2, 0.25) is 5.02 Å². The quantitative estimate of drug-likeness (QED) is 0.870. The number of carboxylic acid groups (broad SMARTS) is 1. The van der Waals surface area contributed by atoms with Crippen molar-refractivity contribution in [2.45, 2.75) is 0 Å². The topological polar surface area (TPSA) is 78.5 Å². The molecule has 0 spiro atoms. The Balaban J connectivity index is 2.01. The van der Waals surface area contributed by atoms with Gasteiger partial charge in [0.1, 0.15) is 12.4 Å². The molecule has 6 heteroatoms. The van der Waals surface area contributed by atoms with Crippen molar-refractivity contribution in [1.82, 2.24) is 0 Å². The Labute approximate surface area is 137 Å². The van der Waals surface area contributed by atoms with Crippen LogP contribution in [0.3, 0.4) is 0 Å². The van der Waals surface area contributed by atoms with E-state index >= 15 is 0 Å². The third kappa shape index (κ3) is 3.19. The van der Waals surface area contributed by atoms with E-state index in [1.807, 2.05) is 0 Å². The van der Waals surface area contributed by atoms with E-state index in [-0.39, 0.29) is 5.91 Å². The molecule has 1 heterocycles. The van der Waals surface area contributed by atoms with E-state index in [4.69, 9.17) is 16.3 Å². The maximum Gasteiger partial charge on any atom is 0.256 e. The molecule has 0 bridgehead atoms. The summed E-state index contributed by atoms with van der Waals surface area (Å²) in [6, 6.07) is 12.0. The van der Waals surface area contributed by atoms with Crippen molar-refractivity contribution in [3.05, 3.63) is 58.6 Å². The summed E-state index contributed by atoms with van der Waals surface area (Å²) >= 11 is 5.99. The number of fused-ring (bicyclic) bond motifs is 1. The molecular weight excluding hydrogens is 318 g/mol. The fourth-order valence-corrected chi connectivity index (χ4v) is 2.50. The number of rotatable bonds is 4. The van der Waals surface area contributed by atoms with Crippen LogP contribution in [0, 0.1) is 0 Å². The normalized spacial score (nSPS) is 14.5. The van der Waals surface area contributed by atoms with Gasteiger partial charge < -0.3 is 20.0 Å². The van der Waals surface area contributed by atoms with Gasteiger partial charge in [0.25, 0.3) is 5.91 Å². The van der Waals surface area contributed by atoms with Crippen LogP contribution in [-0.4, -0.2) is 18.5 Å². The van der Waals surface area contributed by atoms with Gasteiger partial charge >= 0.3 is 0 Å². The standard InChI is InChI=1S/C17H12ClNO4/c18-11-5-6-14-12(8-11)13(17(22)19-14)7-10-3-1-2-4-15(10)23-9-16(20)21/h1-8H,9H2,(H,19,22)(H,20,21)/p-1/b13-7+. The molecule has 2 aromatic carbocycles. The van der Waals surface area contributed by atoms with E-state index in [0.29, 0.717) is 33.2 Å². The third-order valence-corrected chi connectivity index (χ3v) is 3.56. The Kier molecular flexibility index (Phi) is 4.04. The summed E-state index contributed by atoms with van der Waals surface area (Å²) in [5, 5.41) is 13.8. The monoisotopic (exact) mass is 328 g/mol. The molecule has 5 nitrogen and oxygen atoms in total. The third-order valence-electron chi connectivity index (χ3n) is 3.33. The molecule has 1 amide bonds. The second-order valence-electron chi connectivity index (χ2n) is 4.90. The van der Waals surface area contributed by atoms with Crippen molar-refractivity contribution in [3.63, 3.8) is 0 Å². The van der Waals surface area contributed by atoms with Gasteiger partial charge in [0, 0.05) is 27.4 Å². The van der Waals surface area contributed by atoms with Gasteiger partial charge in [0.05, 0.1) is 5.97 Å². The smallest absolute Gasteiger partial charge is 0.256 e. The predicted molar refractivity (Wildman–Crippen MR) is 84.9 cm³/mol. The lowest BCUT2D eigenvalue weighted by Crippen LogP contribution is -2.29. The number of nitrogens with one attached hydrogen (secondary N) is 1. The van der Waals surface area contributed by atoms with Crippen molar-refractivity contribution < 1.29 is 19.4 Å². The molecule has 23 heavy (non-hydrogen) atoms. The maximum absolute atomic E-state index is 12.2. The fourth-order valence-electron chi connectivity index (χ4n) is 2.33. The van der Waals surface area contributed by atoms with Crippen molar-refractivity contribution in [3.8, 4) is 5.75 Å². The van der Waals surface area contributed by atoms with Crippen molar-refractivity contribution >= 4 is 40.8 Å². The zero-order chi connectivity index (χ0) is 16.4. The summed E-state index contributed by atoms with van der Waals surface area (Å²) in [6.45, 7) is -0.561. The highest BCUT2D eigenvalue weighted by Gasteiger charge is 2.24. The molecule has 0 saturated heterocycles. The first-order chi connectivity index (χ1) is 11.0. The lowest BCUT2D eigenvalue weighted by atomic mass is 10.0. The number of hydrogen-bond donors (Lipinski definition) is 1. The van der Waals surface area contributed by atoms with Gasteiger partial charge in [-0.1, -0.05) is 29.8 Å². The maximum atomic E-state index is 12.2. The predicted octanol–water partition coefficient (Wildman–Crippen LogP) is 1.96. The molecule has 3 rings (SSSR count). The fraction of sp³-hybridized carbons (Fsp3) is 0.0588. The molecule has 0 aliphatic carbocycles. The molecular formula is C17H11ClNO4-. The van der Waals surface area contributed by atoms with Crippen LogP contribution in [0.1, 0.15) is 11.1 Å². The summed E-state index contributed by atoms with van der Waals surface area (Å²) in [6.07, 6.45) is 1.64. The Bertz CT molecular complexity index is 829. The average Bonchev–Trinajstić information content (AvgIpc) is 2.82. The second kappa shape index (κ2) is 6.14. The highest BCUT2D eigenvalue weighted by Crippen LogP contribution is 2.36. The number of carbonyl (C=O) groups is 2. The molecule has 0 radical (unpaired) electrons. The first-order valence-electron chi connectivity index (χ1n) is 6.79. The number of halogens is 1. The number of para-hydroxylation sites is 1. The SMILES string of the molecule is O=C([O-])COc1ccccc1/C=C1/C(=O)Nc2ccc(Cl)cc21. The molecule has 0 fully saturated rings.